The topological polar surface area (TPSA) is 58.9 Å². The molecule has 0 unspecified atom stereocenters. The minimum Gasteiger partial charge on any atom is -0.454 e. The van der Waals surface area contributed by atoms with Crippen LogP contribution in [-0.2, 0) is 0 Å². The highest BCUT2D eigenvalue weighted by Gasteiger charge is 2.11. The van der Waals surface area contributed by atoms with Gasteiger partial charge in [0.15, 0.2) is 5.76 Å². The maximum atomic E-state index is 11.9. The Labute approximate surface area is 130 Å². The average molecular weight is 308 g/mol. The van der Waals surface area contributed by atoms with Gasteiger partial charge in [-0.15, -0.1) is 11.3 Å². The number of nitrogens with one attached hydrogen (secondary N) is 1. The standard InChI is InChI=1S/C17H12N2O2S/c1-10-6-7-16(22-10)13-9-12(18-17(20)19-13)15-8-11-4-2-3-5-14(11)21-15/h2-9H,1H3,(H,18,19,20). The number of fused-ring (bicyclic) bond motifs is 1. The third-order valence-electron chi connectivity index (χ3n) is 3.43. The maximum absolute atomic E-state index is 11.9. The fourth-order valence-electron chi connectivity index (χ4n) is 2.40. The van der Waals surface area contributed by atoms with Gasteiger partial charge in [-0.05, 0) is 37.3 Å². The third-order valence-corrected chi connectivity index (χ3v) is 4.46. The van der Waals surface area contributed by atoms with Crippen molar-refractivity contribution in [3.05, 3.63) is 63.9 Å². The van der Waals surface area contributed by atoms with Crippen LogP contribution >= 0.6 is 11.3 Å². The summed E-state index contributed by atoms with van der Waals surface area (Å²) in [5.41, 5.74) is 1.71. The number of para-hydroxylation sites is 1. The van der Waals surface area contributed by atoms with Crippen LogP contribution < -0.4 is 5.69 Å². The molecule has 1 N–H and O–H groups in total. The van der Waals surface area contributed by atoms with E-state index in [1.54, 1.807) is 11.3 Å². The van der Waals surface area contributed by atoms with Crippen molar-refractivity contribution in [2.24, 2.45) is 0 Å². The molecule has 0 atom stereocenters. The Morgan fingerprint density at radius 3 is 2.77 bits per heavy atom. The monoisotopic (exact) mass is 308 g/mol. The third kappa shape index (κ3) is 2.25. The summed E-state index contributed by atoms with van der Waals surface area (Å²) in [5.74, 6) is 0.599. The zero-order valence-electron chi connectivity index (χ0n) is 11.8. The van der Waals surface area contributed by atoms with Crippen molar-refractivity contribution in [2.45, 2.75) is 6.92 Å². The van der Waals surface area contributed by atoms with Crippen molar-refractivity contribution in [3.63, 3.8) is 0 Å². The molecule has 0 aliphatic heterocycles. The van der Waals surface area contributed by atoms with Gasteiger partial charge < -0.3 is 9.40 Å². The van der Waals surface area contributed by atoms with E-state index >= 15 is 0 Å². The smallest absolute Gasteiger partial charge is 0.346 e. The summed E-state index contributed by atoms with van der Waals surface area (Å²) >= 11 is 1.63. The Morgan fingerprint density at radius 2 is 2.00 bits per heavy atom. The minimum atomic E-state index is -0.376. The molecule has 3 heterocycles. The zero-order valence-corrected chi connectivity index (χ0v) is 12.6. The molecule has 22 heavy (non-hydrogen) atoms. The number of aromatic amines is 1. The summed E-state index contributed by atoms with van der Waals surface area (Å²) in [5, 5.41) is 0.994. The van der Waals surface area contributed by atoms with Crippen LogP contribution in [0.3, 0.4) is 0 Å². The van der Waals surface area contributed by atoms with Crippen LogP contribution in [0.5, 0.6) is 0 Å². The molecular formula is C17H12N2O2S. The first-order valence-electron chi connectivity index (χ1n) is 6.86. The molecular weight excluding hydrogens is 296 g/mol. The van der Waals surface area contributed by atoms with Gasteiger partial charge >= 0.3 is 5.69 Å². The lowest BCUT2D eigenvalue weighted by atomic mass is 10.2. The second-order valence-electron chi connectivity index (χ2n) is 5.04. The van der Waals surface area contributed by atoms with E-state index in [1.807, 2.05) is 55.5 Å². The number of furan rings is 1. The van der Waals surface area contributed by atoms with E-state index < -0.39 is 0 Å². The molecule has 5 heteroatoms. The normalized spacial score (nSPS) is 11.1. The number of hydrogen-bond acceptors (Lipinski definition) is 4. The largest absolute Gasteiger partial charge is 0.454 e. The van der Waals surface area contributed by atoms with Gasteiger partial charge in [-0.1, -0.05) is 18.2 Å². The molecule has 0 radical (unpaired) electrons. The second kappa shape index (κ2) is 4.96. The van der Waals surface area contributed by atoms with Crippen LogP contribution in [0.4, 0.5) is 0 Å². The lowest BCUT2D eigenvalue weighted by Crippen LogP contribution is -2.11. The van der Waals surface area contributed by atoms with Crippen molar-refractivity contribution in [1.82, 2.24) is 9.97 Å². The first-order chi connectivity index (χ1) is 10.7. The molecule has 4 nitrogen and oxygen atoms in total. The highest BCUT2D eigenvalue weighted by Crippen LogP contribution is 2.30. The van der Waals surface area contributed by atoms with Crippen LogP contribution in [0.2, 0.25) is 0 Å². The number of benzene rings is 1. The van der Waals surface area contributed by atoms with Gasteiger partial charge in [-0.25, -0.2) is 4.79 Å². The predicted octanol–water partition coefficient (Wildman–Crippen LogP) is 4.22. The summed E-state index contributed by atoms with van der Waals surface area (Å²) in [7, 11) is 0. The predicted molar refractivity (Wildman–Crippen MR) is 88.1 cm³/mol. The Morgan fingerprint density at radius 1 is 1.14 bits per heavy atom. The fourth-order valence-corrected chi connectivity index (χ4v) is 3.24. The van der Waals surface area contributed by atoms with Crippen molar-refractivity contribution in [2.75, 3.05) is 0 Å². The Balaban J connectivity index is 1.88. The Bertz CT molecular complexity index is 993. The van der Waals surface area contributed by atoms with Crippen molar-refractivity contribution >= 4 is 22.3 Å². The van der Waals surface area contributed by atoms with Gasteiger partial charge in [0.1, 0.15) is 11.3 Å². The van der Waals surface area contributed by atoms with E-state index in [4.69, 9.17) is 4.42 Å². The van der Waals surface area contributed by atoms with Crippen molar-refractivity contribution < 1.29 is 4.42 Å². The molecule has 0 spiro atoms. The van der Waals surface area contributed by atoms with Crippen LogP contribution in [0.25, 0.3) is 33.0 Å². The Kier molecular flexibility index (Phi) is 2.94. The summed E-state index contributed by atoms with van der Waals surface area (Å²) < 4.78 is 5.79. The first-order valence-corrected chi connectivity index (χ1v) is 7.68. The lowest BCUT2D eigenvalue weighted by molar-refractivity contribution is 0.628. The highest BCUT2D eigenvalue weighted by molar-refractivity contribution is 7.15. The molecule has 0 bridgehead atoms. The van der Waals surface area contributed by atoms with Crippen LogP contribution in [0.1, 0.15) is 4.88 Å². The average Bonchev–Trinajstić information content (AvgIpc) is 3.12. The summed E-state index contributed by atoms with van der Waals surface area (Å²) in [6.45, 7) is 2.04. The minimum absolute atomic E-state index is 0.376. The first kappa shape index (κ1) is 13.0. The summed E-state index contributed by atoms with van der Waals surface area (Å²) in [6, 6.07) is 15.5. The highest BCUT2D eigenvalue weighted by atomic mass is 32.1. The molecule has 0 fully saturated rings. The summed E-state index contributed by atoms with van der Waals surface area (Å²) in [4.78, 5) is 20.9. The molecule has 4 rings (SSSR count). The molecule has 0 amide bonds. The number of hydrogen-bond donors (Lipinski definition) is 1. The molecule has 0 saturated heterocycles. The molecule has 1 aromatic carbocycles. The van der Waals surface area contributed by atoms with E-state index in [9.17, 15) is 4.79 Å². The van der Waals surface area contributed by atoms with Gasteiger partial charge in [0.2, 0.25) is 0 Å². The number of aryl methyl sites for hydroxylation is 1. The number of aromatic nitrogens is 2. The van der Waals surface area contributed by atoms with E-state index in [2.05, 4.69) is 9.97 Å². The van der Waals surface area contributed by atoms with Crippen molar-refractivity contribution in [3.8, 4) is 22.0 Å². The number of rotatable bonds is 2. The zero-order chi connectivity index (χ0) is 15.1. The quantitative estimate of drug-likeness (QED) is 0.603. The van der Waals surface area contributed by atoms with Gasteiger partial charge in [-0.3, -0.25) is 0 Å². The van der Waals surface area contributed by atoms with Crippen LogP contribution in [-0.4, -0.2) is 9.97 Å². The van der Waals surface area contributed by atoms with E-state index in [0.717, 1.165) is 21.5 Å². The molecule has 0 aliphatic carbocycles. The van der Waals surface area contributed by atoms with Gasteiger partial charge in [-0.2, -0.15) is 4.98 Å². The number of H-pyrrole nitrogens is 1. The van der Waals surface area contributed by atoms with E-state index in [-0.39, 0.29) is 5.69 Å². The molecule has 4 aromatic rings. The SMILES string of the molecule is Cc1ccc(-c2cc(-c3cc4ccccc4o3)nc(=O)[nH]2)s1. The Hall–Kier alpha value is -2.66. The summed E-state index contributed by atoms with van der Waals surface area (Å²) in [6.07, 6.45) is 0. The van der Waals surface area contributed by atoms with Crippen molar-refractivity contribution in [1.29, 1.82) is 0 Å². The van der Waals surface area contributed by atoms with Gasteiger partial charge in [0, 0.05) is 10.3 Å². The number of thiophene rings is 1. The van der Waals surface area contributed by atoms with Gasteiger partial charge in [0.25, 0.3) is 0 Å². The molecule has 0 aliphatic rings. The molecule has 3 aromatic heterocycles. The van der Waals surface area contributed by atoms with E-state index in [0.29, 0.717) is 11.5 Å². The van der Waals surface area contributed by atoms with Crippen LogP contribution in [0, 0.1) is 6.92 Å². The lowest BCUT2D eigenvalue weighted by Gasteiger charge is -2.00. The molecule has 0 saturated carbocycles. The second-order valence-corrected chi connectivity index (χ2v) is 6.33. The number of nitrogens with zero attached hydrogens (tertiary/aromatic N) is 1. The maximum Gasteiger partial charge on any atom is 0.346 e. The fraction of sp³-hybridized carbons (Fsp3) is 0.0588. The van der Waals surface area contributed by atoms with Crippen LogP contribution in [0.15, 0.2) is 57.7 Å². The van der Waals surface area contributed by atoms with Gasteiger partial charge in [0.05, 0.1) is 10.6 Å². The molecule has 108 valence electrons. The van der Waals surface area contributed by atoms with E-state index in [1.165, 1.54) is 4.88 Å².